The van der Waals surface area contributed by atoms with Gasteiger partial charge in [-0.3, -0.25) is 4.79 Å². The maximum atomic E-state index is 13.8. The first-order valence-corrected chi connectivity index (χ1v) is 15.6. The lowest BCUT2D eigenvalue weighted by atomic mass is 9.86. The van der Waals surface area contributed by atoms with E-state index >= 15 is 0 Å². The van der Waals surface area contributed by atoms with E-state index in [1.54, 1.807) is 12.4 Å². The number of nitrogens with zero attached hydrogens (tertiary/aromatic N) is 5. The molecule has 13 heteroatoms. The molecule has 3 aromatic rings. The summed E-state index contributed by atoms with van der Waals surface area (Å²) >= 11 is 0. The number of carbonyl (C=O) groups is 1. The van der Waals surface area contributed by atoms with E-state index < -0.39 is 27.1 Å². The molecule has 1 amide bonds. The second-order valence-corrected chi connectivity index (χ2v) is 13.3. The van der Waals surface area contributed by atoms with Crippen LogP contribution in [0.5, 0.6) is 0 Å². The Balaban J connectivity index is 0.000000215. The summed E-state index contributed by atoms with van der Waals surface area (Å²) in [5, 5.41) is 15.7. The van der Waals surface area contributed by atoms with Gasteiger partial charge in [0.25, 0.3) is 0 Å². The minimum atomic E-state index is -2.89. The second-order valence-electron chi connectivity index (χ2n) is 11.0. The third kappa shape index (κ3) is 7.10. The molecule has 1 aliphatic heterocycles. The van der Waals surface area contributed by atoms with Crippen molar-refractivity contribution >= 4 is 21.4 Å². The number of halogens is 3. The molecule has 224 valence electrons. The van der Waals surface area contributed by atoms with Crippen LogP contribution in [0.4, 0.5) is 18.9 Å². The van der Waals surface area contributed by atoms with Gasteiger partial charge >= 0.3 is 0 Å². The van der Waals surface area contributed by atoms with Gasteiger partial charge in [-0.15, -0.1) is 0 Å². The van der Waals surface area contributed by atoms with Gasteiger partial charge in [0.2, 0.25) is 11.8 Å². The van der Waals surface area contributed by atoms with Crippen molar-refractivity contribution in [1.29, 1.82) is 5.26 Å². The number of alkyl halides is 2. The van der Waals surface area contributed by atoms with Crippen LogP contribution in [0.1, 0.15) is 40.0 Å². The highest BCUT2D eigenvalue weighted by atomic mass is 32.2. The summed E-state index contributed by atoms with van der Waals surface area (Å²) in [6.07, 6.45) is 6.28. The average Bonchev–Trinajstić information content (AvgIpc) is 3.57. The minimum Gasteiger partial charge on any atom is -0.369 e. The van der Waals surface area contributed by atoms with Crippen LogP contribution in [0.25, 0.3) is 16.9 Å². The van der Waals surface area contributed by atoms with Gasteiger partial charge in [-0.05, 0) is 55.5 Å². The van der Waals surface area contributed by atoms with E-state index in [9.17, 15) is 26.4 Å². The van der Waals surface area contributed by atoms with E-state index in [0.717, 1.165) is 16.8 Å². The summed E-state index contributed by atoms with van der Waals surface area (Å²) in [4.78, 5) is 17.8. The third-order valence-electron chi connectivity index (χ3n) is 7.86. The normalized spacial score (nSPS) is 20.5. The number of pyridine rings is 1. The fraction of sp³-hybridized carbons (Fsp3) is 0.448. The Morgan fingerprint density at radius 3 is 2.31 bits per heavy atom. The van der Waals surface area contributed by atoms with Gasteiger partial charge in [0, 0.05) is 56.9 Å². The average molecular weight is 603 g/mol. The van der Waals surface area contributed by atoms with Gasteiger partial charge < -0.3 is 10.2 Å². The molecule has 0 atom stereocenters. The molecule has 0 bridgehead atoms. The molecule has 2 aliphatic carbocycles. The van der Waals surface area contributed by atoms with Crippen molar-refractivity contribution < 1.29 is 27.8 Å². The summed E-state index contributed by atoms with van der Waals surface area (Å²) in [5.41, 5.74) is 2.10. The van der Waals surface area contributed by atoms with Crippen molar-refractivity contribution in [1.82, 2.24) is 20.1 Å². The van der Waals surface area contributed by atoms with Crippen molar-refractivity contribution in [2.75, 3.05) is 29.5 Å². The van der Waals surface area contributed by atoms with Crippen LogP contribution in [-0.4, -0.2) is 65.1 Å². The molecule has 6 rings (SSSR count). The lowest BCUT2D eigenvalue weighted by molar-refractivity contribution is -0.129. The van der Waals surface area contributed by atoms with E-state index in [1.165, 1.54) is 23.0 Å². The Morgan fingerprint density at radius 2 is 1.71 bits per heavy atom. The highest BCUT2D eigenvalue weighted by molar-refractivity contribution is 7.91. The Kier molecular flexibility index (Phi) is 8.28. The number of amides is 1. The molecular weight excluding hydrogens is 569 g/mol. The Bertz CT molecular complexity index is 1570. The van der Waals surface area contributed by atoms with Gasteiger partial charge in [0.1, 0.15) is 5.54 Å². The highest BCUT2D eigenvalue weighted by Gasteiger charge is 2.46. The minimum absolute atomic E-state index is 0. The lowest BCUT2D eigenvalue weighted by Gasteiger charge is -2.28. The van der Waals surface area contributed by atoms with Crippen molar-refractivity contribution in [3.05, 3.63) is 60.8 Å². The third-order valence-corrected chi connectivity index (χ3v) is 9.47. The van der Waals surface area contributed by atoms with Crippen LogP contribution in [0.3, 0.4) is 0 Å². The van der Waals surface area contributed by atoms with Crippen molar-refractivity contribution in [3.63, 3.8) is 0 Å². The zero-order valence-corrected chi connectivity index (χ0v) is 23.7. The molecule has 2 saturated carbocycles. The number of nitrogens with one attached hydrogen (secondary N) is 1. The largest absolute Gasteiger partial charge is 0.369 e. The van der Waals surface area contributed by atoms with Gasteiger partial charge in [0.15, 0.2) is 21.5 Å². The zero-order valence-electron chi connectivity index (χ0n) is 22.8. The Morgan fingerprint density at radius 1 is 1.05 bits per heavy atom. The fourth-order valence-electron chi connectivity index (χ4n) is 5.00. The molecule has 42 heavy (non-hydrogen) atoms. The maximum absolute atomic E-state index is 13.8. The van der Waals surface area contributed by atoms with Crippen LogP contribution in [-0.2, 0) is 14.6 Å². The molecule has 0 radical (unpaired) electrons. The number of rotatable bonds is 5. The summed E-state index contributed by atoms with van der Waals surface area (Å²) in [6.45, 7) is 1.02. The van der Waals surface area contributed by atoms with Gasteiger partial charge in [0.05, 0.1) is 23.8 Å². The van der Waals surface area contributed by atoms with Crippen LogP contribution in [0, 0.1) is 23.1 Å². The molecule has 0 unspecified atom stereocenters. The quantitative estimate of drug-likeness (QED) is 0.455. The predicted octanol–water partition coefficient (Wildman–Crippen LogP) is 4.54. The van der Waals surface area contributed by atoms with Gasteiger partial charge in [-0.1, -0.05) is 12.1 Å². The molecule has 3 heterocycles. The molecule has 3 fully saturated rings. The number of hydrogen-bond donors (Lipinski definition) is 1. The topological polar surface area (TPSA) is 121 Å². The standard InChI is InChI=1S/C18H17FN4O2S.C11H14F2N2O.H2/c19-17-2-1-7-20-18(17)23-13-15(12-21-23)14-3-5-16(6-4-14)22-8-10-26(24,25)11-9-22;12-11(13)3-1-8(2-4-11)9(16)15-10(7-14)5-6-10;/h1-7,12-13H,8-11H2;8H,1-6H2,(H,15,16);1H. The van der Waals surface area contributed by atoms with E-state index in [1.807, 2.05) is 24.3 Å². The zero-order chi connectivity index (χ0) is 30.0. The number of hydrogen-bond acceptors (Lipinski definition) is 7. The summed E-state index contributed by atoms with van der Waals surface area (Å²) < 4.78 is 64.1. The highest BCUT2D eigenvalue weighted by Crippen LogP contribution is 2.38. The summed E-state index contributed by atoms with van der Waals surface area (Å²) in [6, 6.07) is 12.8. The Hall–Kier alpha value is -3.92. The number of carbonyl (C=O) groups excluding carboxylic acids is 1. The molecule has 9 nitrogen and oxygen atoms in total. The summed E-state index contributed by atoms with van der Waals surface area (Å²) in [7, 11) is -2.89. The SMILES string of the molecule is N#CC1(NC(=O)C2CCC(F)(F)CC2)CC1.O=S1(=O)CCN(c2ccc(-c3cnn(-c4ncccc4F)c3)cc2)CC1.[HH]. The smallest absolute Gasteiger partial charge is 0.248 e. The number of aromatic nitrogens is 3. The molecule has 1 N–H and O–H groups in total. The molecular formula is C29H33F3N6O3S. The first kappa shape index (κ1) is 29.6. The van der Waals surface area contributed by atoms with E-state index in [2.05, 4.69) is 26.4 Å². The molecule has 1 aromatic carbocycles. The van der Waals surface area contributed by atoms with Crippen LogP contribution >= 0.6 is 0 Å². The molecule has 0 spiro atoms. The number of sulfone groups is 1. The first-order valence-electron chi connectivity index (χ1n) is 13.8. The van der Waals surface area contributed by atoms with Crippen molar-refractivity contribution in [2.45, 2.75) is 50.0 Å². The van der Waals surface area contributed by atoms with Gasteiger partial charge in [-0.2, -0.15) is 10.4 Å². The molecule has 1 saturated heterocycles. The lowest BCUT2D eigenvalue weighted by Crippen LogP contribution is -2.42. The number of benzene rings is 1. The fourth-order valence-corrected chi connectivity index (χ4v) is 6.20. The number of anilines is 1. The monoisotopic (exact) mass is 602 g/mol. The van der Waals surface area contributed by atoms with Crippen molar-refractivity contribution in [3.8, 4) is 23.0 Å². The predicted molar refractivity (Wildman–Crippen MR) is 152 cm³/mol. The van der Waals surface area contributed by atoms with E-state index in [-0.39, 0.29) is 56.3 Å². The van der Waals surface area contributed by atoms with Crippen LogP contribution in [0.2, 0.25) is 0 Å². The second kappa shape index (κ2) is 11.8. The van der Waals surface area contributed by atoms with Crippen molar-refractivity contribution in [2.24, 2.45) is 5.92 Å². The van der Waals surface area contributed by atoms with Gasteiger partial charge in [-0.25, -0.2) is 31.3 Å². The molecule has 2 aromatic heterocycles. The Labute approximate surface area is 243 Å². The number of nitriles is 1. The van der Waals surface area contributed by atoms with E-state index in [4.69, 9.17) is 5.26 Å². The summed E-state index contributed by atoms with van der Waals surface area (Å²) in [5.74, 6) is -3.07. The molecule has 3 aliphatic rings. The maximum Gasteiger partial charge on any atom is 0.248 e. The van der Waals surface area contributed by atoms with E-state index in [0.29, 0.717) is 25.9 Å². The first-order chi connectivity index (χ1) is 20.0. The van der Waals surface area contributed by atoms with Crippen LogP contribution in [0.15, 0.2) is 55.0 Å². The van der Waals surface area contributed by atoms with Crippen LogP contribution < -0.4 is 10.2 Å².